The molecule has 0 unspecified atom stereocenters. The minimum Gasteiger partial charge on any atom is -0.324 e. The Hall–Kier alpha value is -2.09. The quantitative estimate of drug-likeness (QED) is 0.765. The third-order valence-electron chi connectivity index (χ3n) is 4.87. The zero-order chi connectivity index (χ0) is 20.9. The number of nitrogens with zero attached hydrogens (tertiary/aromatic N) is 2. The lowest BCUT2D eigenvalue weighted by atomic mass is 10.2. The molecule has 1 heterocycles. The van der Waals surface area contributed by atoms with E-state index < -0.39 is 11.7 Å². The van der Waals surface area contributed by atoms with Crippen LogP contribution in [0.1, 0.15) is 17.5 Å². The van der Waals surface area contributed by atoms with Crippen molar-refractivity contribution in [3.05, 3.63) is 64.7 Å². The summed E-state index contributed by atoms with van der Waals surface area (Å²) in [6, 6.07) is 13.1. The molecule has 1 fully saturated rings. The zero-order valence-electron chi connectivity index (χ0n) is 15.9. The molecule has 8 heteroatoms. The predicted octanol–water partition coefficient (Wildman–Crippen LogP) is 4.51. The van der Waals surface area contributed by atoms with Gasteiger partial charge in [0, 0.05) is 19.6 Å². The van der Waals surface area contributed by atoms with Crippen molar-refractivity contribution in [2.75, 3.05) is 38.0 Å². The van der Waals surface area contributed by atoms with Crippen LogP contribution in [0.3, 0.4) is 0 Å². The fourth-order valence-electron chi connectivity index (χ4n) is 3.37. The van der Waals surface area contributed by atoms with Gasteiger partial charge in [-0.1, -0.05) is 41.9 Å². The number of nitrogens with one attached hydrogen (secondary N) is 1. The lowest BCUT2D eigenvalue weighted by Crippen LogP contribution is -2.36. The lowest BCUT2D eigenvalue weighted by Gasteiger charge is -2.21. The minimum absolute atomic E-state index is 0.0213. The van der Waals surface area contributed by atoms with Gasteiger partial charge in [-0.2, -0.15) is 13.2 Å². The third kappa shape index (κ3) is 6.45. The Kier molecular flexibility index (Phi) is 7.16. The van der Waals surface area contributed by atoms with E-state index in [0.29, 0.717) is 0 Å². The predicted molar refractivity (Wildman–Crippen MR) is 108 cm³/mol. The molecular formula is C21H23ClF3N3O. The van der Waals surface area contributed by atoms with Gasteiger partial charge in [0.2, 0.25) is 5.91 Å². The third-order valence-corrected chi connectivity index (χ3v) is 5.19. The van der Waals surface area contributed by atoms with E-state index in [4.69, 9.17) is 11.6 Å². The van der Waals surface area contributed by atoms with Gasteiger partial charge in [-0.05, 0) is 43.3 Å². The van der Waals surface area contributed by atoms with E-state index in [9.17, 15) is 18.0 Å². The number of alkyl halides is 3. The number of benzene rings is 2. The molecule has 0 aromatic heterocycles. The van der Waals surface area contributed by atoms with Crippen molar-refractivity contribution >= 4 is 23.2 Å². The first-order valence-electron chi connectivity index (χ1n) is 9.46. The lowest BCUT2D eigenvalue weighted by molar-refractivity contribution is -0.137. The molecule has 156 valence electrons. The number of hydrogen-bond acceptors (Lipinski definition) is 3. The van der Waals surface area contributed by atoms with E-state index in [1.165, 1.54) is 5.56 Å². The Morgan fingerprint density at radius 3 is 2.41 bits per heavy atom. The number of hydrogen-bond donors (Lipinski definition) is 1. The summed E-state index contributed by atoms with van der Waals surface area (Å²) in [4.78, 5) is 16.7. The summed E-state index contributed by atoms with van der Waals surface area (Å²) in [5.74, 6) is -0.372. The average Bonchev–Trinajstić information content (AvgIpc) is 2.88. The molecule has 0 spiro atoms. The standard InChI is InChI=1S/C21H23ClF3N3O/c22-18-8-7-17(21(23,24)25)13-19(18)26-20(29)15-28-10-4-9-27(11-12-28)14-16-5-2-1-3-6-16/h1-3,5-8,13H,4,9-12,14-15H2,(H,26,29). The van der Waals surface area contributed by atoms with Crippen LogP contribution in [0.15, 0.2) is 48.5 Å². The molecule has 2 aromatic carbocycles. The van der Waals surface area contributed by atoms with Crippen LogP contribution in [-0.2, 0) is 17.5 Å². The Morgan fingerprint density at radius 2 is 1.69 bits per heavy atom. The average molecular weight is 426 g/mol. The first kappa shape index (κ1) is 21.6. The summed E-state index contributed by atoms with van der Waals surface area (Å²) < 4.78 is 38.6. The highest BCUT2D eigenvalue weighted by atomic mass is 35.5. The molecule has 0 atom stereocenters. The van der Waals surface area contributed by atoms with E-state index in [0.717, 1.165) is 57.3 Å². The van der Waals surface area contributed by atoms with Gasteiger partial charge in [0.1, 0.15) is 0 Å². The van der Waals surface area contributed by atoms with Gasteiger partial charge >= 0.3 is 6.18 Å². The van der Waals surface area contributed by atoms with Gasteiger partial charge in [0.15, 0.2) is 0 Å². The van der Waals surface area contributed by atoms with Crippen molar-refractivity contribution in [1.82, 2.24) is 9.80 Å². The minimum atomic E-state index is -4.49. The molecule has 0 saturated carbocycles. The first-order chi connectivity index (χ1) is 13.8. The number of carbonyl (C=O) groups excluding carboxylic acids is 1. The van der Waals surface area contributed by atoms with Gasteiger partial charge in [-0.3, -0.25) is 14.6 Å². The van der Waals surface area contributed by atoms with Crippen molar-refractivity contribution in [3.8, 4) is 0 Å². The van der Waals surface area contributed by atoms with Crippen LogP contribution in [0.4, 0.5) is 18.9 Å². The molecule has 1 aliphatic rings. The number of carbonyl (C=O) groups is 1. The van der Waals surface area contributed by atoms with Crippen molar-refractivity contribution in [2.24, 2.45) is 0 Å². The molecule has 3 rings (SSSR count). The molecular weight excluding hydrogens is 403 g/mol. The van der Waals surface area contributed by atoms with Crippen molar-refractivity contribution in [1.29, 1.82) is 0 Å². The van der Waals surface area contributed by atoms with Gasteiger partial charge in [0.05, 0.1) is 22.8 Å². The summed E-state index contributed by atoms with van der Waals surface area (Å²) in [5.41, 5.74) is 0.383. The number of halogens is 4. The Labute approximate surface area is 173 Å². The second-order valence-corrected chi connectivity index (χ2v) is 7.54. The van der Waals surface area contributed by atoms with Crippen LogP contribution in [0.5, 0.6) is 0 Å². The molecule has 1 amide bonds. The Bertz CT molecular complexity index is 830. The fourth-order valence-corrected chi connectivity index (χ4v) is 3.54. The topological polar surface area (TPSA) is 35.6 Å². The fraction of sp³-hybridized carbons (Fsp3) is 0.381. The highest BCUT2D eigenvalue weighted by Gasteiger charge is 2.31. The van der Waals surface area contributed by atoms with E-state index in [1.807, 2.05) is 23.1 Å². The smallest absolute Gasteiger partial charge is 0.324 e. The van der Waals surface area contributed by atoms with E-state index in [-0.39, 0.29) is 23.2 Å². The molecule has 2 aromatic rings. The molecule has 29 heavy (non-hydrogen) atoms. The summed E-state index contributed by atoms with van der Waals surface area (Å²) in [5, 5.41) is 2.60. The van der Waals surface area contributed by atoms with Crippen LogP contribution in [0.25, 0.3) is 0 Å². The number of rotatable bonds is 5. The highest BCUT2D eigenvalue weighted by Crippen LogP contribution is 2.33. The van der Waals surface area contributed by atoms with E-state index >= 15 is 0 Å². The van der Waals surface area contributed by atoms with E-state index in [1.54, 1.807) is 0 Å². The SMILES string of the molecule is O=C(CN1CCCN(Cc2ccccc2)CC1)Nc1cc(C(F)(F)F)ccc1Cl. The Balaban J connectivity index is 1.53. The molecule has 1 saturated heterocycles. The molecule has 0 radical (unpaired) electrons. The van der Waals surface area contributed by atoms with Crippen LogP contribution in [-0.4, -0.2) is 48.4 Å². The van der Waals surface area contributed by atoms with Crippen LogP contribution in [0.2, 0.25) is 5.02 Å². The largest absolute Gasteiger partial charge is 0.416 e. The first-order valence-corrected chi connectivity index (χ1v) is 9.84. The maximum Gasteiger partial charge on any atom is 0.416 e. The Morgan fingerprint density at radius 1 is 1.00 bits per heavy atom. The number of anilines is 1. The monoisotopic (exact) mass is 425 g/mol. The van der Waals surface area contributed by atoms with Crippen molar-refractivity contribution in [3.63, 3.8) is 0 Å². The van der Waals surface area contributed by atoms with Crippen LogP contribution < -0.4 is 5.32 Å². The molecule has 0 bridgehead atoms. The van der Waals surface area contributed by atoms with E-state index in [2.05, 4.69) is 22.3 Å². The zero-order valence-corrected chi connectivity index (χ0v) is 16.6. The van der Waals surface area contributed by atoms with Crippen LogP contribution in [0, 0.1) is 0 Å². The normalized spacial score (nSPS) is 16.4. The highest BCUT2D eigenvalue weighted by molar-refractivity contribution is 6.33. The summed E-state index contributed by atoms with van der Waals surface area (Å²) in [6.07, 6.45) is -3.57. The molecule has 4 nitrogen and oxygen atoms in total. The van der Waals surface area contributed by atoms with Gasteiger partial charge < -0.3 is 5.32 Å². The van der Waals surface area contributed by atoms with Gasteiger partial charge in [0.25, 0.3) is 0 Å². The molecule has 0 aliphatic carbocycles. The van der Waals surface area contributed by atoms with Gasteiger partial charge in [-0.15, -0.1) is 0 Å². The second-order valence-electron chi connectivity index (χ2n) is 7.13. The molecule has 1 aliphatic heterocycles. The maximum absolute atomic E-state index is 12.9. The summed E-state index contributed by atoms with van der Waals surface area (Å²) in [7, 11) is 0. The van der Waals surface area contributed by atoms with Crippen LogP contribution >= 0.6 is 11.6 Å². The summed E-state index contributed by atoms with van der Waals surface area (Å²) >= 11 is 5.95. The maximum atomic E-state index is 12.9. The van der Waals surface area contributed by atoms with Crippen molar-refractivity contribution < 1.29 is 18.0 Å². The summed E-state index contributed by atoms with van der Waals surface area (Å²) in [6.45, 7) is 4.22. The van der Waals surface area contributed by atoms with Crippen molar-refractivity contribution in [2.45, 2.75) is 19.1 Å². The molecule has 1 N–H and O–H groups in total. The second kappa shape index (κ2) is 9.61. The number of amides is 1. The van der Waals surface area contributed by atoms with Gasteiger partial charge in [-0.25, -0.2) is 0 Å².